The van der Waals surface area contributed by atoms with Crippen molar-refractivity contribution in [2.75, 3.05) is 18.5 Å². The first-order valence-electron chi connectivity index (χ1n) is 6.99. The smallest absolute Gasteiger partial charge is 0.222 e. The zero-order valence-corrected chi connectivity index (χ0v) is 12.1. The van der Waals surface area contributed by atoms with Crippen LogP contribution in [0.25, 0.3) is 0 Å². The molecule has 110 valence electrons. The van der Waals surface area contributed by atoms with Crippen molar-refractivity contribution in [3.63, 3.8) is 0 Å². The molecule has 1 atom stereocenters. The molecule has 1 aromatic heterocycles. The Kier molecular flexibility index (Phi) is 4.89. The monoisotopic (exact) mass is 278 g/mol. The molecule has 1 amide bonds. The van der Waals surface area contributed by atoms with Crippen LogP contribution >= 0.6 is 0 Å². The van der Waals surface area contributed by atoms with Crippen LogP contribution in [0.2, 0.25) is 0 Å². The summed E-state index contributed by atoms with van der Waals surface area (Å²) in [6.07, 6.45) is 5.48. The van der Waals surface area contributed by atoms with Crippen LogP contribution in [0.5, 0.6) is 0 Å². The lowest BCUT2D eigenvalue weighted by atomic mass is 9.94. The molecule has 20 heavy (non-hydrogen) atoms. The van der Waals surface area contributed by atoms with Crippen molar-refractivity contribution in [1.29, 1.82) is 0 Å². The lowest BCUT2D eigenvalue weighted by Crippen LogP contribution is -2.46. The molecule has 1 saturated heterocycles. The fourth-order valence-corrected chi connectivity index (χ4v) is 2.33. The van der Waals surface area contributed by atoms with Gasteiger partial charge in [-0.2, -0.15) is 0 Å². The summed E-state index contributed by atoms with van der Waals surface area (Å²) in [7, 11) is 0. The Morgan fingerprint density at radius 2 is 2.20 bits per heavy atom. The number of aromatic nitrogens is 2. The third-order valence-corrected chi connectivity index (χ3v) is 3.26. The van der Waals surface area contributed by atoms with Crippen molar-refractivity contribution in [3.05, 3.63) is 18.5 Å². The summed E-state index contributed by atoms with van der Waals surface area (Å²) in [6.45, 7) is 5.34. The minimum Gasteiger partial charge on any atom is -0.375 e. The molecule has 1 fully saturated rings. The fraction of sp³-hybridized carbons (Fsp3) is 0.643. The first kappa shape index (κ1) is 14.7. The summed E-state index contributed by atoms with van der Waals surface area (Å²) in [5.74, 6) is 0.601. The fourth-order valence-electron chi connectivity index (χ4n) is 2.33. The number of nitrogens with zero attached hydrogens (tertiary/aromatic N) is 2. The third-order valence-electron chi connectivity index (χ3n) is 3.26. The number of carbonyl (C=O) groups is 1. The van der Waals surface area contributed by atoms with Crippen molar-refractivity contribution in [2.24, 2.45) is 0 Å². The molecule has 0 aromatic carbocycles. The van der Waals surface area contributed by atoms with E-state index in [0.29, 0.717) is 25.5 Å². The van der Waals surface area contributed by atoms with E-state index in [-0.39, 0.29) is 17.6 Å². The topological polar surface area (TPSA) is 76.1 Å². The van der Waals surface area contributed by atoms with Gasteiger partial charge < -0.3 is 15.4 Å². The highest BCUT2D eigenvalue weighted by atomic mass is 16.5. The van der Waals surface area contributed by atoms with E-state index in [9.17, 15) is 4.79 Å². The van der Waals surface area contributed by atoms with Crippen LogP contribution in [0.1, 0.15) is 33.1 Å². The molecule has 2 N–H and O–H groups in total. The highest BCUT2D eigenvalue weighted by molar-refractivity contribution is 5.76. The Morgan fingerprint density at radius 3 is 2.90 bits per heavy atom. The summed E-state index contributed by atoms with van der Waals surface area (Å²) in [4.78, 5) is 20.0. The molecule has 0 spiro atoms. The highest BCUT2D eigenvalue weighted by Gasteiger charge is 2.29. The maximum Gasteiger partial charge on any atom is 0.222 e. The van der Waals surface area contributed by atoms with Gasteiger partial charge in [-0.3, -0.25) is 4.79 Å². The maximum atomic E-state index is 11.9. The Bertz CT molecular complexity index is 436. The van der Waals surface area contributed by atoms with Gasteiger partial charge in [-0.15, -0.1) is 0 Å². The first-order chi connectivity index (χ1) is 9.55. The van der Waals surface area contributed by atoms with Gasteiger partial charge in [0, 0.05) is 38.0 Å². The van der Waals surface area contributed by atoms with Crippen molar-refractivity contribution < 1.29 is 9.53 Å². The quantitative estimate of drug-likeness (QED) is 0.850. The van der Waals surface area contributed by atoms with Gasteiger partial charge in [-0.1, -0.05) is 0 Å². The summed E-state index contributed by atoms with van der Waals surface area (Å²) in [5, 5.41) is 6.08. The molecule has 0 bridgehead atoms. The number of hydrogen-bond acceptors (Lipinski definition) is 5. The summed E-state index contributed by atoms with van der Waals surface area (Å²) in [6, 6.07) is 1.96. The van der Waals surface area contributed by atoms with Crippen LogP contribution in [-0.4, -0.2) is 40.7 Å². The molecular weight excluding hydrogens is 256 g/mol. The SMILES string of the molecule is CC1(C)C[C@H](NC(=O)CCNc2ncccn2)CCO1. The molecule has 1 aromatic rings. The number of hydrogen-bond donors (Lipinski definition) is 2. The summed E-state index contributed by atoms with van der Waals surface area (Å²) in [5.41, 5.74) is -0.147. The molecule has 0 aliphatic carbocycles. The maximum absolute atomic E-state index is 11.9. The average molecular weight is 278 g/mol. The molecular formula is C14H22N4O2. The zero-order valence-electron chi connectivity index (χ0n) is 12.1. The Labute approximate surface area is 119 Å². The minimum absolute atomic E-state index is 0.0520. The van der Waals surface area contributed by atoms with E-state index in [1.807, 2.05) is 0 Å². The third kappa shape index (κ3) is 4.77. The number of rotatable bonds is 5. The second-order valence-electron chi connectivity index (χ2n) is 5.61. The average Bonchev–Trinajstić information content (AvgIpc) is 2.38. The molecule has 2 rings (SSSR count). The van der Waals surface area contributed by atoms with E-state index >= 15 is 0 Å². The van der Waals surface area contributed by atoms with Crippen LogP contribution in [0.15, 0.2) is 18.5 Å². The number of anilines is 1. The molecule has 2 heterocycles. The normalized spacial score (nSPS) is 21.2. The van der Waals surface area contributed by atoms with E-state index in [2.05, 4.69) is 34.4 Å². The molecule has 0 radical (unpaired) electrons. The van der Waals surface area contributed by atoms with Gasteiger partial charge in [0.25, 0.3) is 0 Å². The largest absolute Gasteiger partial charge is 0.375 e. The highest BCUT2D eigenvalue weighted by Crippen LogP contribution is 2.23. The second-order valence-corrected chi connectivity index (χ2v) is 5.61. The van der Waals surface area contributed by atoms with Crippen LogP contribution in [0.4, 0.5) is 5.95 Å². The molecule has 0 saturated carbocycles. The van der Waals surface area contributed by atoms with Crippen molar-refractivity contribution in [3.8, 4) is 0 Å². The number of carbonyl (C=O) groups excluding carboxylic acids is 1. The van der Waals surface area contributed by atoms with Gasteiger partial charge in [0.15, 0.2) is 0 Å². The summed E-state index contributed by atoms with van der Waals surface area (Å²) >= 11 is 0. The van der Waals surface area contributed by atoms with Gasteiger partial charge in [-0.05, 0) is 32.8 Å². The first-order valence-corrected chi connectivity index (χ1v) is 6.99. The van der Waals surface area contributed by atoms with Crippen LogP contribution < -0.4 is 10.6 Å². The van der Waals surface area contributed by atoms with Gasteiger partial charge in [-0.25, -0.2) is 9.97 Å². The van der Waals surface area contributed by atoms with Gasteiger partial charge in [0.1, 0.15) is 0 Å². The van der Waals surface area contributed by atoms with Crippen molar-refractivity contribution in [2.45, 2.75) is 44.8 Å². The lowest BCUT2D eigenvalue weighted by Gasteiger charge is -2.35. The number of nitrogens with one attached hydrogen (secondary N) is 2. The van der Waals surface area contributed by atoms with Crippen LogP contribution in [0, 0.1) is 0 Å². The molecule has 1 aliphatic heterocycles. The predicted molar refractivity (Wildman–Crippen MR) is 76.3 cm³/mol. The lowest BCUT2D eigenvalue weighted by molar-refractivity contribution is -0.123. The Morgan fingerprint density at radius 1 is 1.45 bits per heavy atom. The Hall–Kier alpha value is -1.69. The molecule has 0 unspecified atom stereocenters. The number of ether oxygens (including phenoxy) is 1. The predicted octanol–water partition coefficient (Wildman–Crippen LogP) is 1.35. The standard InChI is InChI=1S/C14H22N4O2/c1-14(2)10-11(5-9-20-14)18-12(19)4-8-17-13-15-6-3-7-16-13/h3,6-7,11H,4-5,8-10H2,1-2H3,(H,18,19)(H,15,16,17)/t11-/m1/s1. The van der Waals surface area contributed by atoms with Gasteiger partial charge >= 0.3 is 0 Å². The summed E-state index contributed by atoms with van der Waals surface area (Å²) < 4.78 is 5.64. The van der Waals surface area contributed by atoms with E-state index < -0.39 is 0 Å². The van der Waals surface area contributed by atoms with E-state index in [1.54, 1.807) is 18.5 Å². The van der Waals surface area contributed by atoms with Crippen molar-refractivity contribution in [1.82, 2.24) is 15.3 Å². The molecule has 6 nitrogen and oxygen atoms in total. The number of amides is 1. The zero-order chi connectivity index (χ0) is 14.4. The minimum atomic E-state index is -0.147. The molecule has 1 aliphatic rings. The second kappa shape index (κ2) is 6.65. The van der Waals surface area contributed by atoms with Gasteiger partial charge in [0.2, 0.25) is 11.9 Å². The Balaban J connectivity index is 1.68. The van der Waals surface area contributed by atoms with E-state index in [1.165, 1.54) is 0 Å². The van der Waals surface area contributed by atoms with Crippen LogP contribution in [0.3, 0.4) is 0 Å². The van der Waals surface area contributed by atoms with Gasteiger partial charge in [0.05, 0.1) is 5.60 Å². The van der Waals surface area contributed by atoms with Crippen LogP contribution in [-0.2, 0) is 9.53 Å². The van der Waals surface area contributed by atoms with Crippen molar-refractivity contribution >= 4 is 11.9 Å². The van der Waals surface area contributed by atoms with E-state index in [0.717, 1.165) is 12.8 Å². The van der Waals surface area contributed by atoms with E-state index in [4.69, 9.17) is 4.74 Å². The molecule has 6 heteroatoms.